The highest BCUT2D eigenvalue weighted by atomic mass is 127. The number of carbonyl (C=O) groups excluding carboxylic acids is 1. The van der Waals surface area contributed by atoms with Gasteiger partial charge in [0.15, 0.2) is 0 Å². The van der Waals surface area contributed by atoms with Gasteiger partial charge in [0.2, 0.25) is 5.91 Å². The lowest BCUT2D eigenvalue weighted by Crippen LogP contribution is -2.24. The standard InChI is InChI=1S/C14H19I2NO2/c1-2-3-4-7-17-13(18)6-5-10-8-11(15)14(19)12(16)9-10/h8-9,19H,2-7H2,1H3,(H,17,18). The van der Waals surface area contributed by atoms with Crippen molar-refractivity contribution in [2.45, 2.75) is 39.0 Å². The monoisotopic (exact) mass is 487 g/mol. The van der Waals surface area contributed by atoms with E-state index < -0.39 is 0 Å². The molecule has 0 saturated carbocycles. The van der Waals surface area contributed by atoms with E-state index in [4.69, 9.17) is 0 Å². The molecule has 1 rings (SSSR count). The highest BCUT2D eigenvalue weighted by Crippen LogP contribution is 2.27. The molecule has 0 aliphatic heterocycles. The second-order valence-corrected chi connectivity index (χ2v) is 6.79. The molecule has 19 heavy (non-hydrogen) atoms. The van der Waals surface area contributed by atoms with Crippen LogP contribution in [-0.4, -0.2) is 17.6 Å². The number of hydrogen-bond acceptors (Lipinski definition) is 2. The van der Waals surface area contributed by atoms with Crippen LogP contribution in [0.3, 0.4) is 0 Å². The Hall–Kier alpha value is -0.0500. The number of aryl methyl sites for hydroxylation is 1. The van der Waals surface area contributed by atoms with Crippen molar-refractivity contribution in [2.24, 2.45) is 0 Å². The van der Waals surface area contributed by atoms with Gasteiger partial charge in [-0.1, -0.05) is 19.8 Å². The van der Waals surface area contributed by atoms with Crippen LogP contribution in [0.2, 0.25) is 0 Å². The molecule has 0 fully saturated rings. The van der Waals surface area contributed by atoms with E-state index in [1.54, 1.807) is 0 Å². The molecule has 0 aliphatic carbocycles. The van der Waals surface area contributed by atoms with Gasteiger partial charge in [0.1, 0.15) is 5.75 Å². The molecule has 0 spiro atoms. The van der Waals surface area contributed by atoms with Gasteiger partial charge in [-0.05, 0) is 75.7 Å². The van der Waals surface area contributed by atoms with Crippen LogP contribution < -0.4 is 5.32 Å². The molecule has 1 amide bonds. The van der Waals surface area contributed by atoms with E-state index in [9.17, 15) is 9.90 Å². The number of phenols is 1. The molecular formula is C14H19I2NO2. The molecule has 0 aliphatic rings. The number of benzene rings is 1. The number of nitrogens with one attached hydrogen (secondary N) is 1. The second kappa shape index (κ2) is 8.99. The molecule has 1 aromatic rings. The molecule has 0 atom stereocenters. The van der Waals surface area contributed by atoms with Crippen molar-refractivity contribution in [2.75, 3.05) is 6.54 Å². The maximum atomic E-state index is 11.7. The van der Waals surface area contributed by atoms with Crippen LogP contribution in [0.5, 0.6) is 5.75 Å². The summed E-state index contributed by atoms with van der Waals surface area (Å²) in [6.07, 6.45) is 4.60. The summed E-state index contributed by atoms with van der Waals surface area (Å²) >= 11 is 4.22. The van der Waals surface area contributed by atoms with Crippen LogP contribution in [0, 0.1) is 7.14 Å². The van der Waals surface area contributed by atoms with Crippen molar-refractivity contribution < 1.29 is 9.90 Å². The molecule has 106 valence electrons. The third-order valence-corrected chi connectivity index (χ3v) is 4.46. The molecule has 5 heteroatoms. The van der Waals surface area contributed by atoms with Crippen LogP contribution in [0.1, 0.15) is 38.2 Å². The zero-order valence-electron chi connectivity index (χ0n) is 11.0. The van der Waals surface area contributed by atoms with Crippen molar-refractivity contribution in [1.29, 1.82) is 0 Å². The van der Waals surface area contributed by atoms with Gasteiger partial charge in [-0.2, -0.15) is 0 Å². The second-order valence-electron chi connectivity index (χ2n) is 4.47. The maximum Gasteiger partial charge on any atom is 0.220 e. The highest BCUT2D eigenvalue weighted by molar-refractivity contribution is 14.1. The van der Waals surface area contributed by atoms with Gasteiger partial charge in [0.05, 0.1) is 7.14 Å². The molecule has 0 aromatic heterocycles. The first-order valence-electron chi connectivity index (χ1n) is 6.48. The van der Waals surface area contributed by atoms with E-state index in [1.165, 1.54) is 6.42 Å². The van der Waals surface area contributed by atoms with Crippen LogP contribution in [0.4, 0.5) is 0 Å². The molecule has 3 nitrogen and oxygen atoms in total. The molecule has 0 bridgehead atoms. The number of unbranched alkanes of at least 4 members (excludes halogenated alkanes) is 2. The summed E-state index contributed by atoms with van der Waals surface area (Å²) in [7, 11) is 0. The Labute approximate surface area is 141 Å². The summed E-state index contributed by atoms with van der Waals surface area (Å²) in [5.74, 6) is 0.433. The predicted molar refractivity (Wildman–Crippen MR) is 94.4 cm³/mol. The van der Waals surface area contributed by atoms with Gasteiger partial charge in [0, 0.05) is 13.0 Å². The minimum absolute atomic E-state index is 0.106. The Balaban J connectivity index is 2.38. The molecule has 0 radical (unpaired) electrons. The Kier molecular flexibility index (Phi) is 8.05. The molecular weight excluding hydrogens is 468 g/mol. The van der Waals surface area contributed by atoms with Crippen molar-refractivity contribution in [1.82, 2.24) is 5.32 Å². The zero-order valence-corrected chi connectivity index (χ0v) is 15.3. The third-order valence-electron chi connectivity index (χ3n) is 2.82. The van der Waals surface area contributed by atoms with E-state index in [0.29, 0.717) is 18.6 Å². The van der Waals surface area contributed by atoms with Crippen molar-refractivity contribution >= 4 is 51.1 Å². The summed E-state index contributed by atoms with van der Waals surface area (Å²) < 4.78 is 1.67. The number of aromatic hydroxyl groups is 1. The number of amides is 1. The number of halogens is 2. The fourth-order valence-electron chi connectivity index (χ4n) is 1.71. The van der Waals surface area contributed by atoms with Crippen molar-refractivity contribution in [3.8, 4) is 5.75 Å². The van der Waals surface area contributed by atoms with Crippen molar-refractivity contribution in [3.05, 3.63) is 24.8 Å². The maximum absolute atomic E-state index is 11.7. The van der Waals surface area contributed by atoms with Gasteiger partial charge in [0.25, 0.3) is 0 Å². The van der Waals surface area contributed by atoms with Gasteiger partial charge >= 0.3 is 0 Å². The van der Waals surface area contributed by atoms with Gasteiger partial charge in [-0.3, -0.25) is 4.79 Å². The largest absolute Gasteiger partial charge is 0.506 e. The average molecular weight is 487 g/mol. The first kappa shape index (κ1) is 17.0. The zero-order chi connectivity index (χ0) is 14.3. The van der Waals surface area contributed by atoms with E-state index in [2.05, 4.69) is 57.4 Å². The molecule has 0 heterocycles. The summed E-state index contributed by atoms with van der Waals surface area (Å²) in [5.41, 5.74) is 1.09. The topological polar surface area (TPSA) is 49.3 Å². The first-order valence-corrected chi connectivity index (χ1v) is 8.64. The van der Waals surface area contributed by atoms with Crippen LogP contribution >= 0.6 is 45.2 Å². The Morgan fingerprint density at radius 2 is 1.89 bits per heavy atom. The third kappa shape index (κ3) is 6.29. The summed E-state index contributed by atoms with van der Waals surface area (Å²) in [4.78, 5) is 11.7. The molecule has 0 unspecified atom stereocenters. The minimum Gasteiger partial charge on any atom is -0.506 e. The fourth-order valence-corrected chi connectivity index (χ4v) is 3.61. The minimum atomic E-state index is 0.106. The van der Waals surface area contributed by atoms with E-state index >= 15 is 0 Å². The van der Waals surface area contributed by atoms with Gasteiger partial charge in [-0.15, -0.1) is 0 Å². The lowest BCUT2D eigenvalue weighted by atomic mass is 10.1. The predicted octanol–water partition coefficient (Wildman–Crippen LogP) is 3.84. The van der Waals surface area contributed by atoms with Crippen LogP contribution in [-0.2, 0) is 11.2 Å². The highest BCUT2D eigenvalue weighted by Gasteiger charge is 2.07. The summed E-state index contributed by atoms with van der Waals surface area (Å²) in [6, 6.07) is 3.87. The smallest absolute Gasteiger partial charge is 0.220 e. The molecule has 2 N–H and O–H groups in total. The average Bonchev–Trinajstić information content (AvgIpc) is 2.38. The number of rotatable bonds is 7. The lowest BCUT2D eigenvalue weighted by molar-refractivity contribution is -0.121. The first-order chi connectivity index (χ1) is 9.04. The molecule has 0 saturated heterocycles. The van der Waals surface area contributed by atoms with E-state index in [-0.39, 0.29) is 5.91 Å². The normalized spacial score (nSPS) is 10.5. The van der Waals surface area contributed by atoms with Crippen LogP contribution in [0.15, 0.2) is 12.1 Å². The summed E-state index contributed by atoms with van der Waals surface area (Å²) in [5, 5.41) is 12.6. The molecule has 1 aromatic carbocycles. The number of phenolic OH excluding ortho intramolecular Hbond substituents is 1. The Morgan fingerprint density at radius 1 is 1.26 bits per heavy atom. The number of hydrogen-bond donors (Lipinski definition) is 2. The Bertz CT molecular complexity index is 412. The quantitative estimate of drug-likeness (QED) is 0.454. The fraction of sp³-hybridized carbons (Fsp3) is 0.500. The SMILES string of the molecule is CCCCCNC(=O)CCc1cc(I)c(O)c(I)c1. The van der Waals surface area contributed by atoms with E-state index in [0.717, 1.165) is 32.1 Å². The van der Waals surface area contributed by atoms with Gasteiger partial charge < -0.3 is 10.4 Å². The van der Waals surface area contributed by atoms with E-state index in [1.807, 2.05) is 12.1 Å². The lowest BCUT2D eigenvalue weighted by Gasteiger charge is -2.07. The van der Waals surface area contributed by atoms with Crippen LogP contribution in [0.25, 0.3) is 0 Å². The number of carbonyl (C=O) groups is 1. The Morgan fingerprint density at radius 3 is 2.47 bits per heavy atom. The van der Waals surface area contributed by atoms with Crippen molar-refractivity contribution in [3.63, 3.8) is 0 Å². The summed E-state index contributed by atoms with van der Waals surface area (Å²) in [6.45, 7) is 2.92. The van der Waals surface area contributed by atoms with Gasteiger partial charge in [-0.25, -0.2) is 0 Å².